The molecule has 152 valence electrons. The summed E-state index contributed by atoms with van der Waals surface area (Å²) < 4.78 is 49.5. The number of esters is 1. The Morgan fingerprint density at radius 1 is 1.13 bits per heavy atom. The van der Waals surface area contributed by atoms with E-state index < -0.39 is 17.7 Å². The third-order valence-corrected chi connectivity index (χ3v) is 3.77. The minimum Gasteiger partial charge on any atom is -0.461 e. The van der Waals surface area contributed by atoms with Crippen molar-refractivity contribution in [2.45, 2.75) is 13.1 Å². The van der Waals surface area contributed by atoms with E-state index in [0.29, 0.717) is 5.56 Å². The van der Waals surface area contributed by atoms with Gasteiger partial charge in [-0.15, -0.1) is 10.2 Å². The molecule has 3 aromatic rings. The predicted molar refractivity (Wildman–Crippen MR) is 97.5 cm³/mol. The lowest BCUT2D eigenvalue weighted by Gasteiger charge is -2.11. The molecule has 0 unspecified atom stereocenters. The number of halogens is 3. The van der Waals surface area contributed by atoms with Gasteiger partial charge in [-0.3, -0.25) is 0 Å². The molecule has 30 heavy (non-hydrogen) atoms. The smallest absolute Gasteiger partial charge is 0.416 e. The summed E-state index contributed by atoms with van der Waals surface area (Å²) in [6.45, 7) is 1.66. The van der Waals surface area contributed by atoms with Crippen molar-refractivity contribution in [2.75, 3.05) is 6.61 Å². The molecule has 0 bridgehead atoms. The Kier molecular flexibility index (Phi) is 5.92. The second-order valence-electron chi connectivity index (χ2n) is 5.83. The highest BCUT2D eigenvalue weighted by atomic mass is 19.4. The van der Waals surface area contributed by atoms with E-state index in [1.165, 1.54) is 36.4 Å². The maximum absolute atomic E-state index is 13.0. The molecule has 0 aliphatic heterocycles. The van der Waals surface area contributed by atoms with Gasteiger partial charge in [-0.2, -0.15) is 23.4 Å². The molecule has 10 heteroatoms. The molecule has 0 saturated heterocycles. The molecule has 0 spiro atoms. The molecule has 0 amide bonds. The van der Waals surface area contributed by atoms with Crippen LogP contribution in [-0.4, -0.2) is 27.8 Å². The number of aromatic nitrogens is 3. The fraction of sp³-hybridized carbons (Fsp3) is 0.150. The summed E-state index contributed by atoms with van der Waals surface area (Å²) in [6.07, 6.45) is -4.55. The van der Waals surface area contributed by atoms with Gasteiger partial charge in [0.15, 0.2) is 5.82 Å². The van der Waals surface area contributed by atoms with Crippen LogP contribution in [0.25, 0.3) is 11.4 Å². The van der Waals surface area contributed by atoms with E-state index in [1.807, 2.05) is 6.07 Å². The third-order valence-electron chi connectivity index (χ3n) is 3.77. The molecule has 1 heterocycles. The van der Waals surface area contributed by atoms with Crippen molar-refractivity contribution in [1.82, 2.24) is 15.2 Å². The number of rotatable bonds is 5. The van der Waals surface area contributed by atoms with Crippen molar-refractivity contribution in [3.05, 3.63) is 65.4 Å². The van der Waals surface area contributed by atoms with Crippen molar-refractivity contribution >= 4 is 5.97 Å². The Morgan fingerprint density at radius 3 is 2.50 bits per heavy atom. The van der Waals surface area contributed by atoms with E-state index >= 15 is 0 Å². The highest BCUT2D eigenvalue weighted by Crippen LogP contribution is 2.32. The van der Waals surface area contributed by atoms with Gasteiger partial charge >= 0.3 is 12.1 Å². The topological polar surface area (TPSA) is 98.0 Å². The highest BCUT2D eigenvalue weighted by Gasteiger charge is 2.31. The number of carbonyl (C=O) groups is 1. The van der Waals surface area contributed by atoms with Crippen molar-refractivity contribution in [2.24, 2.45) is 0 Å². The summed E-state index contributed by atoms with van der Waals surface area (Å²) in [5, 5.41) is 16.4. The molecule has 0 N–H and O–H groups in total. The van der Waals surface area contributed by atoms with Crippen LogP contribution in [0, 0.1) is 11.3 Å². The van der Waals surface area contributed by atoms with E-state index in [1.54, 1.807) is 6.92 Å². The second kappa shape index (κ2) is 8.57. The van der Waals surface area contributed by atoms with Crippen molar-refractivity contribution in [3.8, 4) is 29.1 Å². The Morgan fingerprint density at radius 2 is 1.87 bits per heavy atom. The van der Waals surface area contributed by atoms with E-state index in [0.717, 1.165) is 12.1 Å². The maximum atomic E-state index is 13.0. The molecule has 3 rings (SSSR count). The lowest BCUT2D eigenvalue weighted by molar-refractivity contribution is -0.137. The Hall–Kier alpha value is -4.00. The predicted octanol–water partition coefficient (Wildman–Crippen LogP) is 4.40. The zero-order valence-corrected chi connectivity index (χ0v) is 15.5. The van der Waals surface area contributed by atoms with Gasteiger partial charge in [0.1, 0.15) is 5.75 Å². The number of carbonyl (C=O) groups excluding carboxylic acids is 1. The highest BCUT2D eigenvalue weighted by molar-refractivity contribution is 5.89. The second-order valence-corrected chi connectivity index (χ2v) is 5.83. The van der Waals surface area contributed by atoms with Gasteiger partial charge in [0, 0.05) is 5.56 Å². The lowest BCUT2D eigenvalue weighted by Crippen LogP contribution is -2.12. The molecular formula is C20H13F3N4O3. The molecule has 7 nitrogen and oxygen atoms in total. The average molecular weight is 414 g/mol. The van der Waals surface area contributed by atoms with Crippen LogP contribution >= 0.6 is 0 Å². The standard InChI is InChI=1S/C20H13F3N4O3/c1-2-29-19(28)16-18(30-15-8-6-12(11-24)7-9-15)25-17(27-26-16)13-4-3-5-14(10-13)20(21,22)23/h3-10H,2H2,1H3. The van der Waals surface area contributed by atoms with Crippen LogP contribution in [0.15, 0.2) is 48.5 Å². The average Bonchev–Trinajstić information content (AvgIpc) is 2.74. The Balaban J connectivity index is 2.04. The SMILES string of the molecule is CCOC(=O)c1nnc(-c2cccc(C(F)(F)F)c2)nc1Oc1ccc(C#N)cc1. The fourth-order valence-electron chi connectivity index (χ4n) is 2.38. The van der Waals surface area contributed by atoms with Gasteiger partial charge in [0.2, 0.25) is 5.69 Å². The van der Waals surface area contributed by atoms with Crippen LogP contribution < -0.4 is 4.74 Å². The number of nitriles is 1. The normalized spacial score (nSPS) is 10.9. The summed E-state index contributed by atoms with van der Waals surface area (Å²) in [4.78, 5) is 16.2. The van der Waals surface area contributed by atoms with Crippen LogP contribution in [0.1, 0.15) is 28.5 Å². The monoisotopic (exact) mass is 414 g/mol. The number of alkyl halides is 3. The fourth-order valence-corrected chi connectivity index (χ4v) is 2.38. The van der Waals surface area contributed by atoms with Crippen LogP contribution in [-0.2, 0) is 10.9 Å². The van der Waals surface area contributed by atoms with Crippen LogP contribution in [0.2, 0.25) is 0 Å². The first kappa shape index (κ1) is 20.7. The summed E-state index contributed by atoms with van der Waals surface area (Å²) in [5.74, 6) is -1.08. The summed E-state index contributed by atoms with van der Waals surface area (Å²) >= 11 is 0. The number of hydrogen-bond donors (Lipinski definition) is 0. The molecule has 2 aromatic carbocycles. The van der Waals surface area contributed by atoms with Crippen molar-refractivity contribution in [3.63, 3.8) is 0 Å². The summed E-state index contributed by atoms with van der Waals surface area (Å²) in [5.41, 5.74) is -0.791. The van der Waals surface area contributed by atoms with Gasteiger partial charge < -0.3 is 9.47 Å². The molecule has 0 atom stereocenters. The lowest BCUT2D eigenvalue weighted by atomic mass is 10.1. The van der Waals surface area contributed by atoms with Gasteiger partial charge in [-0.05, 0) is 43.3 Å². The first-order valence-electron chi connectivity index (χ1n) is 8.59. The largest absolute Gasteiger partial charge is 0.461 e. The Bertz CT molecular complexity index is 1110. The number of nitrogens with zero attached hydrogens (tertiary/aromatic N) is 4. The summed E-state index contributed by atoms with van der Waals surface area (Å²) in [7, 11) is 0. The number of ether oxygens (including phenoxy) is 2. The minimum absolute atomic E-state index is 0.0393. The molecule has 0 fully saturated rings. The van der Waals surface area contributed by atoms with Crippen molar-refractivity contribution < 1.29 is 27.4 Å². The van der Waals surface area contributed by atoms with Crippen LogP contribution in [0.5, 0.6) is 11.6 Å². The van der Waals surface area contributed by atoms with Gasteiger partial charge in [0.05, 0.1) is 23.8 Å². The van der Waals surface area contributed by atoms with E-state index in [-0.39, 0.29) is 35.3 Å². The van der Waals surface area contributed by atoms with Crippen molar-refractivity contribution in [1.29, 1.82) is 5.26 Å². The van der Waals surface area contributed by atoms with E-state index in [9.17, 15) is 18.0 Å². The molecule has 0 radical (unpaired) electrons. The van der Waals surface area contributed by atoms with Gasteiger partial charge in [-0.25, -0.2) is 4.79 Å². The minimum atomic E-state index is -4.55. The Labute approximate surface area is 168 Å². The maximum Gasteiger partial charge on any atom is 0.416 e. The van der Waals surface area contributed by atoms with Gasteiger partial charge in [0.25, 0.3) is 5.88 Å². The zero-order chi connectivity index (χ0) is 21.7. The number of hydrogen-bond acceptors (Lipinski definition) is 7. The van der Waals surface area contributed by atoms with Crippen LogP contribution in [0.4, 0.5) is 13.2 Å². The molecular weight excluding hydrogens is 401 g/mol. The molecule has 0 saturated carbocycles. The zero-order valence-electron chi connectivity index (χ0n) is 15.5. The molecule has 0 aliphatic rings. The molecule has 0 aliphatic carbocycles. The van der Waals surface area contributed by atoms with Gasteiger partial charge in [-0.1, -0.05) is 12.1 Å². The first-order valence-corrected chi connectivity index (χ1v) is 8.59. The first-order chi connectivity index (χ1) is 14.3. The summed E-state index contributed by atoms with van der Waals surface area (Å²) in [6, 6.07) is 12.2. The van der Waals surface area contributed by atoms with Crippen LogP contribution in [0.3, 0.4) is 0 Å². The quantitative estimate of drug-likeness (QED) is 0.571. The van der Waals surface area contributed by atoms with E-state index in [2.05, 4.69) is 15.2 Å². The van der Waals surface area contributed by atoms with E-state index in [4.69, 9.17) is 14.7 Å². The number of benzene rings is 2. The third kappa shape index (κ3) is 4.70. The molecule has 1 aromatic heterocycles.